The lowest BCUT2D eigenvalue weighted by atomic mass is 9.47. The van der Waals surface area contributed by atoms with Crippen molar-refractivity contribution in [2.24, 2.45) is 46.3 Å². The smallest absolute Gasteiger partial charge is 0.306 e. The molecular formula is C43H74O2. The average molecular weight is 623 g/mol. The number of esters is 1. The van der Waals surface area contributed by atoms with Crippen LogP contribution in [0.15, 0.2) is 23.8 Å². The Kier molecular flexibility index (Phi) is 14.6. The summed E-state index contributed by atoms with van der Waals surface area (Å²) in [5.74, 6) is 5.32. The van der Waals surface area contributed by atoms with E-state index in [0.29, 0.717) is 17.3 Å². The molecule has 0 aromatic heterocycles. The van der Waals surface area contributed by atoms with Crippen LogP contribution in [-0.2, 0) is 9.53 Å². The predicted molar refractivity (Wildman–Crippen MR) is 193 cm³/mol. The third-order valence-electron chi connectivity index (χ3n) is 13.7. The second-order valence-electron chi connectivity index (χ2n) is 17.3. The molecule has 0 amide bonds. The Bertz CT molecular complexity index is 945. The summed E-state index contributed by atoms with van der Waals surface area (Å²) in [5.41, 5.74) is 2.53. The van der Waals surface area contributed by atoms with E-state index in [1.807, 2.05) is 0 Å². The van der Waals surface area contributed by atoms with Crippen LogP contribution in [0.25, 0.3) is 0 Å². The number of hydrogen-bond acceptors (Lipinski definition) is 2. The fourth-order valence-corrected chi connectivity index (χ4v) is 11.0. The van der Waals surface area contributed by atoms with Crippen LogP contribution >= 0.6 is 0 Å². The van der Waals surface area contributed by atoms with Crippen LogP contribution in [0.2, 0.25) is 0 Å². The number of ether oxygens (including phenoxy) is 1. The molecule has 3 saturated carbocycles. The van der Waals surface area contributed by atoms with Crippen molar-refractivity contribution in [2.45, 2.75) is 195 Å². The molecule has 0 aromatic carbocycles. The number of carbonyl (C=O) groups is 1. The normalized spacial score (nSPS) is 33.5. The predicted octanol–water partition coefficient (Wildman–Crippen LogP) is 13.2. The summed E-state index contributed by atoms with van der Waals surface area (Å²) in [6.07, 6.45) is 36.5. The standard InChI is InChI=1S/C43H74O2/c1-7-8-9-10-11-12-13-14-15-16-17-18-19-23-41(44)45-36-28-30-42(5)35(32-36)24-25-37-39-27-26-38(34(4)22-20-21-33(2)3)43(39,6)31-29-40(37)42/h12-13,24,33-34,36-40H,7-11,14-23,25-32H2,1-6H3/b13-12-/t34-,36+,37+,38?,39+,40+,42+,43-/m1/s1. The van der Waals surface area contributed by atoms with Gasteiger partial charge in [0.15, 0.2) is 0 Å². The van der Waals surface area contributed by atoms with E-state index in [1.54, 1.807) is 5.57 Å². The lowest BCUT2D eigenvalue weighted by Crippen LogP contribution is -2.51. The van der Waals surface area contributed by atoms with Crippen molar-refractivity contribution in [3.63, 3.8) is 0 Å². The van der Waals surface area contributed by atoms with Crippen molar-refractivity contribution in [3.8, 4) is 0 Å². The third kappa shape index (κ3) is 9.75. The van der Waals surface area contributed by atoms with Gasteiger partial charge in [0, 0.05) is 12.8 Å². The van der Waals surface area contributed by atoms with Gasteiger partial charge in [0.25, 0.3) is 0 Å². The van der Waals surface area contributed by atoms with Gasteiger partial charge in [-0.2, -0.15) is 0 Å². The highest BCUT2D eigenvalue weighted by molar-refractivity contribution is 5.69. The lowest BCUT2D eigenvalue weighted by Gasteiger charge is -2.58. The maximum atomic E-state index is 12.8. The van der Waals surface area contributed by atoms with Crippen molar-refractivity contribution in [1.29, 1.82) is 0 Å². The Morgan fingerprint density at radius 2 is 1.56 bits per heavy atom. The number of carbonyl (C=O) groups excluding carboxylic acids is 1. The maximum absolute atomic E-state index is 12.8. The molecular weight excluding hydrogens is 548 g/mol. The molecule has 4 rings (SSSR count). The van der Waals surface area contributed by atoms with Gasteiger partial charge in [-0.25, -0.2) is 0 Å². The highest BCUT2D eigenvalue weighted by Crippen LogP contribution is 2.67. The lowest BCUT2D eigenvalue weighted by molar-refractivity contribution is -0.151. The van der Waals surface area contributed by atoms with Gasteiger partial charge < -0.3 is 4.74 Å². The molecule has 2 nitrogen and oxygen atoms in total. The highest BCUT2D eigenvalue weighted by Gasteiger charge is 2.59. The van der Waals surface area contributed by atoms with E-state index in [2.05, 4.69) is 59.8 Å². The minimum Gasteiger partial charge on any atom is -0.462 e. The second kappa shape index (κ2) is 17.9. The van der Waals surface area contributed by atoms with E-state index in [9.17, 15) is 4.79 Å². The van der Waals surface area contributed by atoms with Crippen LogP contribution in [0.1, 0.15) is 189 Å². The first kappa shape index (κ1) is 36.8. The number of fused-ring (bicyclic) bond motifs is 5. The van der Waals surface area contributed by atoms with Gasteiger partial charge in [-0.15, -0.1) is 0 Å². The molecule has 0 bridgehead atoms. The average Bonchev–Trinajstić information content (AvgIpc) is 3.37. The highest BCUT2D eigenvalue weighted by atomic mass is 16.5. The van der Waals surface area contributed by atoms with E-state index in [4.69, 9.17) is 4.74 Å². The molecule has 0 spiro atoms. The minimum atomic E-state index is 0.0526. The molecule has 0 radical (unpaired) electrons. The van der Waals surface area contributed by atoms with Crippen LogP contribution in [0.5, 0.6) is 0 Å². The molecule has 0 N–H and O–H groups in total. The molecule has 0 aliphatic heterocycles. The molecule has 8 atom stereocenters. The van der Waals surface area contributed by atoms with E-state index in [-0.39, 0.29) is 12.1 Å². The Labute approximate surface area is 280 Å². The van der Waals surface area contributed by atoms with Crippen molar-refractivity contribution in [1.82, 2.24) is 0 Å². The first-order valence-electron chi connectivity index (χ1n) is 20.2. The molecule has 4 aliphatic carbocycles. The zero-order valence-corrected chi connectivity index (χ0v) is 30.9. The fraction of sp³-hybridized carbons (Fsp3) is 0.884. The van der Waals surface area contributed by atoms with Gasteiger partial charge in [0.1, 0.15) is 6.10 Å². The Morgan fingerprint density at radius 1 is 0.844 bits per heavy atom. The summed E-state index contributed by atoms with van der Waals surface area (Å²) < 4.78 is 6.11. The summed E-state index contributed by atoms with van der Waals surface area (Å²) in [6, 6.07) is 0. The molecule has 2 heteroatoms. The molecule has 0 heterocycles. The molecule has 4 aliphatic rings. The zero-order valence-electron chi connectivity index (χ0n) is 30.9. The van der Waals surface area contributed by atoms with Crippen molar-refractivity contribution in [2.75, 3.05) is 0 Å². The maximum Gasteiger partial charge on any atom is 0.306 e. The molecule has 258 valence electrons. The Morgan fingerprint density at radius 3 is 2.29 bits per heavy atom. The molecule has 1 unspecified atom stereocenters. The summed E-state index contributed by atoms with van der Waals surface area (Å²) in [7, 11) is 0. The van der Waals surface area contributed by atoms with Gasteiger partial charge in [-0.3, -0.25) is 4.79 Å². The van der Waals surface area contributed by atoms with Crippen LogP contribution in [0.3, 0.4) is 0 Å². The fourth-order valence-electron chi connectivity index (χ4n) is 11.0. The first-order valence-corrected chi connectivity index (χ1v) is 20.2. The second-order valence-corrected chi connectivity index (χ2v) is 17.3. The largest absolute Gasteiger partial charge is 0.462 e. The summed E-state index contributed by atoms with van der Waals surface area (Å²) in [4.78, 5) is 12.8. The van der Waals surface area contributed by atoms with Crippen molar-refractivity contribution >= 4 is 5.97 Å². The molecule has 45 heavy (non-hydrogen) atoms. The SMILES string of the molecule is CCCCCC/C=C\CCCCCCCC(=O)O[C@H]1CC[C@@]2(C)C(=CC[C@@H]3[C@@H]2CC[C@]2(C)C([C@H](C)CCCC(C)C)CC[C@@H]32)C1. The van der Waals surface area contributed by atoms with Crippen LogP contribution in [0.4, 0.5) is 0 Å². The van der Waals surface area contributed by atoms with E-state index in [0.717, 1.165) is 61.2 Å². The van der Waals surface area contributed by atoms with Gasteiger partial charge in [-0.1, -0.05) is 123 Å². The molecule has 0 aromatic rings. The van der Waals surface area contributed by atoms with E-state index < -0.39 is 0 Å². The third-order valence-corrected chi connectivity index (χ3v) is 13.7. The summed E-state index contributed by atoms with van der Waals surface area (Å²) in [6.45, 7) is 14.9. The van der Waals surface area contributed by atoms with Gasteiger partial charge in [0.2, 0.25) is 0 Å². The van der Waals surface area contributed by atoms with Gasteiger partial charge >= 0.3 is 5.97 Å². The van der Waals surface area contributed by atoms with Crippen LogP contribution in [0, 0.1) is 46.3 Å². The van der Waals surface area contributed by atoms with Gasteiger partial charge in [-0.05, 0) is 123 Å². The number of rotatable bonds is 19. The van der Waals surface area contributed by atoms with E-state index in [1.165, 1.54) is 116 Å². The number of hydrogen-bond donors (Lipinski definition) is 0. The Balaban J connectivity index is 1.16. The first-order chi connectivity index (χ1) is 21.7. The zero-order chi connectivity index (χ0) is 32.3. The topological polar surface area (TPSA) is 26.3 Å². The van der Waals surface area contributed by atoms with Crippen molar-refractivity contribution < 1.29 is 9.53 Å². The summed E-state index contributed by atoms with van der Waals surface area (Å²) in [5, 5.41) is 0. The number of allylic oxidation sites excluding steroid dienone is 3. The monoisotopic (exact) mass is 623 g/mol. The summed E-state index contributed by atoms with van der Waals surface area (Å²) >= 11 is 0. The molecule has 3 fully saturated rings. The molecule has 0 saturated heterocycles. The van der Waals surface area contributed by atoms with E-state index >= 15 is 0 Å². The van der Waals surface area contributed by atoms with Crippen molar-refractivity contribution in [3.05, 3.63) is 23.8 Å². The minimum absolute atomic E-state index is 0.0526. The number of unbranched alkanes of at least 4 members (excludes halogenated alkanes) is 9. The van der Waals surface area contributed by atoms with Gasteiger partial charge in [0.05, 0.1) is 0 Å². The van der Waals surface area contributed by atoms with Crippen LogP contribution in [-0.4, -0.2) is 12.1 Å². The quantitative estimate of drug-likeness (QED) is 0.0814. The Hall–Kier alpha value is -1.05. The van der Waals surface area contributed by atoms with Crippen LogP contribution < -0.4 is 0 Å².